The average Bonchev–Trinajstić information content (AvgIpc) is 2.76. The van der Waals surface area contributed by atoms with Gasteiger partial charge in [-0.25, -0.2) is 4.98 Å². The fourth-order valence-electron chi connectivity index (χ4n) is 4.58. The van der Waals surface area contributed by atoms with Crippen LogP contribution in [0.2, 0.25) is 0 Å². The van der Waals surface area contributed by atoms with Crippen molar-refractivity contribution in [2.24, 2.45) is 0 Å². The van der Waals surface area contributed by atoms with Crippen LogP contribution >= 0.6 is 0 Å². The van der Waals surface area contributed by atoms with Gasteiger partial charge in [0.05, 0.1) is 18.8 Å². The number of hydrogen-bond donors (Lipinski definition) is 1. The Balaban J connectivity index is 1.34. The summed E-state index contributed by atoms with van der Waals surface area (Å²) < 4.78 is 5.45. The minimum absolute atomic E-state index is 0.112. The molecule has 2 atom stereocenters. The van der Waals surface area contributed by atoms with Gasteiger partial charge in [-0.1, -0.05) is 0 Å². The Morgan fingerprint density at radius 3 is 2.57 bits per heavy atom. The lowest BCUT2D eigenvalue weighted by Gasteiger charge is -2.40. The number of carbonyl (C=O) groups is 1. The lowest BCUT2D eigenvalue weighted by atomic mass is 10.0. The second-order valence-corrected chi connectivity index (χ2v) is 8.39. The molecule has 1 aromatic heterocycles. The average molecular weight is 388 g/mol. The smallest absolute Gasteiger partial charge is 0.255 e. The lowest BCUT2D eigenvalue weighted by Crippen LogP contribution is -2.54. The topological polar surface area (TPSA) is 60.9 Å². The van der Waals surface area contributed by atoms with Crippen LogP contribution in [-0.4, -0.2) is 91.3 Å². The number of ether oxygens (including phenoxy) is 1. The van der Waals surface area contributed by atoms with E-state index in [0.29, 0.717) is 23.7 Å². The summed E-state index contributed by atoms with van der Waals surface area (Å²) in [4.78, 5) is 24.4. The molecule has 0 radical (unpaired) electrons. The molecule has 154 valence electrons. The Morgan fingerprint density at radius 1 is 1.14 bits per heavy atom. The van der Waals surface area contributed by atoms with Crippen molar-refractivity contribution >= 4 is 11.7 Å². The van der Waals surface area contributed by atoms with Crippen molar-refractivity contribution in [2.45, 2.75) is 44.8 Å². The number of rotatable bonds is 3. The summed E-state index contributed by atoms with van der Waals surface area (Å²) in [5, 5.41) is 3.49. The fourth-order valence-corrected chi connectivity index (χ4v) is 4.58. The van der Waals surface area contributed by atoms with E-state index in [9.17, 15) is 4.79 Å². The molecule has 3 aliphatic rings. The summed E-state index contributed by atoms with van der Waals surface area (Å²) >= 11 is 0. The van der Waals surface area contributed by atoms with Gasteiger partial charge in [0.15, 0.2) is 0 Å². The summed E-state index contributed by atoms with van der Waals surface area (Å²) in [6.45, 7) is 11.7. The number of aromatic nitrogens is 1. The number of piperidine rings is 1. The molecular formula is C21H33N5O2. The zero-order valence-corrected chi connectivity index (χ0v) is 17.1. The Labute approximate surface area is 168 Å². The van der Waals surface area contributed by atoms with Gasteiger partial charge < -0.3 is 19.9 Å². The van der Waals surface area contributed by atoms with Crippen LogP contribution in [0.25, 0.3) is 0 Å². The van der Waals surface area contributed by atoms with Crippen molar-refractivity contribution in [2.75, 3.05) is 57.4 Å². The third-order valence-electron chi connectivity index (χ3n) is 6.37. The van der Waals surface area contributed by atoms with Crippen molar-refractivity contribution in [3.8, 4) is 0 Å². The van der Waals surface area contributed by atoms with Crippen LogP contribution in [0.3, 0.4) is 0 Å². The monoisotopic (exact) mass is 387 g/mol. The van der Waals surface area contributed by atoms with Gasteiger partial charge in [-0.05, 0) is 38.8 Å². The number of amides is 1. The van der Waals surface area contributed by atoms with E-state index in [0.717, 1.165) is 71.1 Å². The second kappa shape index (κ2) is 8.76. The molecule has 1 N–H and O–H groups in total. The Bertz CT molecular complexity index is 653. The van der Waals surface area contributed by atoms with Gasteiger partial charge in [0.1, 0.15) is 5.82 Å². The summed E-state index contributed by atoms with van der Waals surface area (Å²) in [6, 6.07) is 5.39. The van der Waals surface area contributed by atoms with E-state index < -0.39 is 0 Å². The maximum atomic E-state index is 12.9. The first-order valence-electron chi connectivity index (χ1n) is 10.7. The van der Waals surface area contributed by atoms with Gasteiger partial charge in [-0.2, -0.15) is 0 Å². The van der Waals surface area contributed by atoms with Crippen LogP contribution in [0.5, 0.6) is 0 Å². The maximum absolute atomic E-state index is 12.9. The minimum atomic E-state index is 0.112. The molecule has 7 heteroatoms. The number of piperazine rings is 1. The Hall–Kier alpha value is -1.70. The highest BCUT2D eigenvalue weighted by Crippen LogP contribution is 2.21. The molecule has 0 spiro atoms. The highest BCUT2D eigenvalue weighted by Gasteiger charge is 2.29. The van der Waals surface area contributed by atoms with E-state index in [2.05, 4.69) is 33.9 Å². The van der Waals surface area contributed by atoms with Crippen LogP contribution in [0.4, 0.5) is 5.82 Å². The number of pyridine rings is 1. The van der Waals surface area contributed by atoms with Crippen molar-refractivity contribution < 1.29 is 9.53 Å². The number of hydrogen-bond acceptors (Lipinski definition) is 6. The minimum Gasteiger partial charge on any atom is -0.379 e. The largest absolute Gasteiger partial charge is 0.379 e. The zero-order chi connectivity index (χ0) is 19.5. The van der Waals surface area contributed by atoms with E-state index in [1.54, 1.807) is 6.20 Å². The van der Waals surface area contributed by atoms with Gasteiger partial charge in [0, 0.05) is 63.6 Å². The number of likely N-dealkylation sites (tertiary alicyclic amines) is 1. The van der Waals surface area contributed by atoms with E-state index in [4.69, 9.17) is 4.74 Å². The summed E-state index contributed by atoms with van der Waals surface area (Å²) in [5.74, 6) is 1.07. The predicted molar refractivity (Wildman–Crippen MR) is 110 cm³/mol. The molecule has 4 rings (SSSR count). The Kier molecular flexibility index (Phi) is 6.13. The summed E-state index contributed by atoms with van der Waals surface area (Å²) in [7, 11) is 0. The highest BCUT2D eigenvalue weighted by molar-refractivity contribution is 5.94. The molecule has 0 bridgehead atoms. The molecule has 0 aromatic carbocycles. The van der Waals surface area contributed by atoms with Gasteiger partial charge >= 0.3 is 0 Å². The van der Waals surface area contributed by atoms with Gasteiger partial charge in [-0.3, -0.25) is 9.69 Å². The molecular weight excluding hydrogens is 354 g/mol. The van der Waals surface area contributed by atoms with Gasteiger partial charge in [-0.15, -0.1) is 0 Å². The molecule has 3 saturated heterocycles. The molecule has 0 aliphatic carbocycles. The first-order chi connectivity index (χ1) is 13.6. The molecule has 3 fully saturated rings. The molecule has 1 amide bonds. The SMILES string of the molecule is C[C@@H]1CN(c2ccc(C(=O)N3CCC(N4CCOCC4)CC3)cn2)[C@@H](C)CN1. The van der Waals surface area contributed by atoms with E-state index >= 15 is 0 Å². The third-order valence-corrected chi connectivity index (χ3v) is 6.37. The quantitative estimate of drug-likeness (QED) is 0.841. The molecule has 7 nitrogen and oxygen atoms in total. The van der Waals surface area contributed by atoms with E-state index in [-0.39, 0.29) is 5.91 Å². The van der Waals surface area contributed by atoms with Crippen LogP contribution in [0.15, 0.2) is 18.3 Å². The molecule has 1 aromatic rings. The first kappa shape index (κ1) is 19.6. The third kappa shape index (κ3) is 4.31. The van der Waals surface area contributed by atoms with E-state index in [1.165, 1.54) is 0 Å². The van der Waals surface area contributed by atoms with Crippen LogP contribution in [0.1, 0.15) is 37.0 Å². The van der Waals surface area contributed by atoms with Crippen molar-refractivity contribution in [3.05, 3.63) is 23.9 Å². The van der Waals surface area contributed by atoms with Gasteiger partial charge in [0.2, 0.25) is 0 Å². The van der Waals surface area contributed by atoms with Crippen LogP contribution in [0, 0.1) is 0 Å². The van der Waals surface area contributed by atoms with Gasteiger partial charge in [0.25, 0.3) is 5.91 Å². The first-order valence-corrected chi connectivity index (χ1v) is 10.7. The normalized spacial score (nSPS) is 27.8. The molecule has 3 aliphatic heterocycles. The number of carbonyl (C=O) groups excluding carboxylic acids is 1. The number of nitrogens with one attached hydrogen (secondary N) is 1. The number of morpholine rings is 1. The van der Waals surface area contributed by atoms with Crippen molar-refractivity contribution in [1.29, 1.82) is 0 Å². The second-order valence-electron chi connectivity index (χ2n) is 8.39. The molecule has 28 heavy (non-hydrogen) atoms. The zero-order valence-electron chi connectivity index (χ0n) is 17.1. The van der Waals surface area contributed by atoms with Crippen molar-refractivity contribution in [3.63, 3.8) is 0 Å². The fraction of sp³-hybridized carbons (Fsp3) is 0.714. The molecule has 0 saturated carbocycles. The standard InChI is InChI=1S/C21H33N5O2/c1-16-15-26(17(2)13-22-16)20-4-3-18(14-23-20)21(27)25-7-5-19(6-8-25)24-9-11-28-12-10-24/h3-4,14,16-17,19,22H,5-13,15H2,1-2H3/t16-,17+/m1/s1. The summed E-state index contributed by atoms with van der Waals surface area (Å²) in [5.41, 5.74) is 0.699. The van der Waals surface area contributed by atoms with Crippen LogP contribution in [-0.2, 0) is 4.74 Å². The van der Waals surface area contributed by atoms with Crippen molar-refractivity contribution in [1.82, 2.24) is 20.1 Å². The summed E-state index contributed by atoms with van der Waals surface area (Å²) in [6.07, 6.45) is 3.85. The lowest BCUT2D eigenvalue weighted by molar-refractivity contribution is 0.00158. The Morgan fingerprint density at radius 2 is 1.89 bits per heavy atom. The molecule has 4 heterocycles. The number of anilines is 1. The maximum Gasteiger partial charge on any atom is 0.255 e. The predicted octanol–water partition coefficient (Wildman–Crippen LogP) is 1.21. The highest BCUT2D eigenvalue weighted by atomic mass is 16.5. The van der Waals surface area contributed by atoms with E-state index in [1.807, 2.05) is 17.0 Å². The molecule has 0 unspecified atom stereocenters. The number of nitrogens with zero attached hydrogens (tertiary/aromatic N) is 4. The van der Waals surface area contributed by atoms with Crippen LogP contribution < -0.4 is 10.2 Å².